The Morgan fingerprint density at radius 1 is 1.08 bits per heavy atom. The number of hydrogen-bond acceptors (Lipinski definition) is 4. The molecule has 0 spiro atoms. The minimum Gasteiger partial charge on any atom is -0.314 e. The van der Waals surface area contributed by atoms with Gasteiger partial charge in [-0.1, -0.05) is 0 Å². The van der Waals surface area contributed by atoms with Crippen molar-refractivity contribution in [2.75, 3.05) is 6.54 Å². The van der Waals surface area contributed by atoms with Gasteiger partial charge in [-0.3, -0.25) is 4.79 Å². The van der Waals surface area contributed by atoms with E-state index in [1.165, 1.54) is 19.4 Å². The van der Waals surface area contributed by atoms with Gasteiger partial charge in [0.15, 0.2) is 5.82 Å². The average Bonchev–Trinajstić information content (AvgIpc) is 3.37. The molecule has 2 aromatic rings. The molecule has 2 fully saturated rings. The lowest BCUT2D eigenvalue weighted by molar-refractivity contribution is 0.267. The highest BCUT2D eigenvalue weighted by molar-refractivity contribution is 5.23. The molecule has 1 N–H and O–H groups in total. The Bertz CT molecular complexity index is 796. The van der Waals surface area contributed by atoms with Crippen LogP contribution in [0, 0.1) is 19.8 Å². The van der Waals surface area contributed by atoms with Crippen molar-refractivity contribution in [3.05, 3.63) is 39.9 Å². The Labute approximate surface area is 148 Å². The summed E-state index contributed by atoms with van der Waals surface area (Å²) in [6.45, 7) is 5.14. The largest absolute Gasteiger partial charge is 0.314 e. The van der Waals surface area contributed by atoms with Gasteiger partial charge in [-0.15, -0.1) is 5.10 Å². The summed E-state index contributed by atoms with van der Waals surface area (Å²) in [6.07, 6.45) is 7.04. The molecular weight excluding hydrogens is 314 g/mol. The van der Waals surface area contributed by atoms with Crippen LogP contribution in [0.25, 0.3) is 5.82 Å². The van der Waals surface area contributed by atoms with Gasteiger partial charge in [0.25, 0.3) is 5.56 Å². The summed E-state index contributed by atoms with van der Waals surface area (Å²) < 4.78 is 3.50. The van der Waals surface area contributed by atoms with Crippen molar-refractivity contribution in [1.82, 2.24) is 24.9 Å². The zero-order valence-electron chi connectivity index (χ0n) is 15.1. The molecule has 2 aromatic heterocycles. The molecule has 2 aliphatic carbocycles. The van der Waals surface area contributed by atoms with Gasteiger partial charge in [0.05, 0.1) is 11.7 Å². The van der Waals surface area contributed by atoms with E-state index in [4.69, 9.17) is 0 Å². The van der Waals surface area contributed by atoms with E-state index in [0.29, 0.717) is 6.04 Å². The molecule has 6 nitrogen and oxygen atoms in total. The SMILES string of the molecule is Cc1cc(C)n(-c2ccc(=O)n(C3CCC(NCC4CC4)CC3)n2)n1. The predicted molar refractivity (Wildman–Crippen MR) is 97.1 cm³/mol. The Morgan fingerprint density at radius 2 is 1.84 bits per heavy atom. The fourth-order valence-electron chi connectivity index (χ4n) is 3.83. The van der Waals surface area contributed by atoms with Crippen LogP contribution >= 0.6 is 0 Å². The minimum absolute atomic E-state index is 0.0142. The maximum atomic E-state index is 12.4. The van der Waals surface area contributed by atoms with Gasteiger partial charge in [0.1, 0.15) is 0 Å². The Kier molecular flexibility index (Phi) is 4.46. The van der Waals surface area contributed by atoms with E-state index in [-0.39, 0.29) is 11.6 Å². The van der Waals surface area contributed by atoms with E-state index in [1.54, 1.807) is 16.8 Å². The maximum Gasteiger partial charge on any atom is 0.267 e. The first-order valence-corrected chi connectivity index (χ1v) is 9.47. The highest BCUT2D eigenvalue weighted by Crippen LogP contribution is 2.30. The number of nitrogens with zero attached hydrogens (tertiary/aromatic N) is 4. The second-order valence-electron chi connectivity index (χ2n) is 7.67. The minimum atomic E-state index is -0.0142. The molecule has 25 heavy (non-hydrogen) atoms. The predicted octanol–water partition coefficient (Wildman–Crippen LogP) is 2.53. The third kappa shape index (κ3) is 3.68. The van der Waals surface area contributed by atoms with Gasteiger partial charge in [0, 0.05) is 17.8 Å². The van der Waals surface area contributed by atoms with Crippen LogP contribution in [0.1, 0.15) is 56.0 Å². The second kappa shape index (κ2) is 6.75. The molecule has 0 amide bonds. The summed E-state index contributed by atoms with van der Waals surface area (Å²) in [5, 5.41) is 12.8. The lowest BCUT2D eigenvalue weighted by Crippen LogP contribution is -2.37. The van der Waals surface area contributed by atoms with Crippen LogP contribution in [-0.4, -0.2) is 32.1 Å². The van der Waals surface area contributed by atoms with Crippen molar-refractivity contribution in [2.24, 2.45) is 5.92 Å². The van der Waals surface area contributed by atoms with Crippen molar-refractivity contribution >= 4 is 0 Å². The summed E-state index contributed by atoms with van der Waals surface area (Å²) in [6, 6.07) is 6.21. The molecule has 4 rings (SSSR count). The van der Waals surface area contributed by atoms with Gasteiger partial charge in [-0.25, -0.2) is 9.36 Å². The molecule has 0 saturated heterocycles. The number of rotatable bonds is 5. The van der Waals surface area contributed by atoms with E-state index in [9.17, 15) is 4.79 Å². The van der Waals surface area contributed by atoms with Crippen LogP contribution in [0.4, 0.5) is 0 Å². The summed E-state index contributed by atoms with van der Waals surface area (Å²) in [5.74, 6) is 1.64. The Balaban J connectivity index is 1.47. The zero-order valence-corrected chi connectivity index (χ0v) is 15.1. The highest BCUT2D eigenvalue weighted by atomic mass is 16.1. The summed E-state index contributed by atoms with van der Waals surface area (Å²) in [4.78, 5) is 12.4. The topological polar surface area (TPSA) is 64.7 Å². The third-order valence-corrected chi connectivity index (χ3v) is 5.47. The standard InChI is InChI=1S/C19H27N5O/c1-13-11-14(2)23(21-13)18-9-10-19(25)24(22-18)17-7-5-16(6-8-17)20-12-15-3-4-15/h9-11,15-17,20H,3-8,12H2,1-2H3. The maximum absolute atomic E-state index is 12.4. The molecule has 0 bridgehead atoms. The molecule has 0 atom stereocenters. The van der Waals surface area contributed by atoms with Gasteiger partial charge in [0.2, 0.25) is 0 Å². The molecule has 2 aliphatic rings. The molecule has 6 heteroatoms. The molecule has 0 unspecified atom stereocenters. The van der Waals surface area contributed by atoms with Gasteiger partial charge in [-0.05, 0) is 77.0 Å². The molecular formula is C19H27N5O. The van der Waals surface area contributed by atoms with Crippen molar-refractivity contribution < 1.29 is 0 Å². The van der Waals surface area contributed by atoms with E-state index in [2.05, 4.69) is 15.5 Å². The van der Waals surface area contributed by atoms with E-state index in [0.717, 1.165) is 48.8 Å². The Morgan fingerprint density at radius 3 is 2.48 bits per heavy atom. The number of aryl methyl sites for hydroxylation is 2. The van der Waals surface area contributed by atoms with Crippen LogP contribution in [0.3, 0.4) is 0 Å². The van der Waals surface area contributed by atoms with Crippen molar-refractivity contribution in [3.63, 3.8) is 0 Å². The van der Waals surface area contributed by atoms with Gasteiger partial charge >= 0.3 is 0 Å². The number of hydrogen-bond donors (Lipinski definition) is 1. The fraction of sp³-hybridized carbons (Fsp3) is 0.632. The molecule has 0 aromatic carbocycles. The quantitative estimate of drug-likeness (QED) is 0.908. The van der Waals surface area contributed by atoms with Gasteiger partial charge in [-0.2, -0.15) is 5.10 Å². The lowest BCUT2D eigenvalue weighted by atomic mass is 9.91. The summed E-state index contributed by atoms with van der Waals surface area (Å²) >= 11 is 0. The lowest BCUT2D eigenvalue weighted by Gasteiger charge is -2.29. The fourth-order valence-corrected chi connectivity index (χ4v) is 3.83. The molecule has 0 radical (unpaired) electrons. The first-order chi connectivity index (χ1) is 12.1. The first kappa shape index (κ1) is 16.5. The molecule has 2 saturated carbocycles. The van der Waals surface area contributed by atoms with Crippen LogP contribution < -0.4 is 10.9 Å². The summed E-state index contributed by atoms with van der Waals surface area (Å²) in [7, 11) is 0. The van der Waals surface area contributed by atoms with E-state index < -0.39 is 0 Å². The van der Waals surface area contributed by atoms with Gasteiger partial charge < -0.3 is 5.32 Å². The normalized spacial score (nSPS) is 23.8. The molecule has 134 valence electrons. The monoisotopic (exact) mass is 341 g/mol. The van der Waals surface area contributed by atoms with Crippen LogP contribution in [0.2, 0.25) is 0 Å². The van der Waals surface area contributed by atoms with Crippen LogP contribution in [-0.2, 0) is 0 Å². The third-order valence-electron chi connectivity index (χ3n) is 5.47. The van der Waals surface area contributed by atoms with Crippen molar-refractivity contribution in [2.45, 2.75) is 64.5 Å². The summed E-state index contributed by atoms with van der Waals surface area (Å²) in [5.41, 5.74) is 1.97. The first-order valence-electron chi connectivity index (χ1n) is 9.47. The zero-order chi connectivity index (χ0) is 17.4. The molecule has 0 aliphatic heterocycles. The number of aromatic nitrogens is 4. The van der Waals surface area contributed by atoms with Crippen LogP contribution in [0.15, 0.2) is 23.0 Å². The molecule has 2 heterocycles. The van der Waals surface area contributed by atoms with E-state index >= 15 is 0 Å². The van der Waals surface area contributed by atoms with Crippen LogP contribution in [0.5, 0.6) is 0 Å². The van der Waals surface area contributed by atoms with Crippen molar-refractivity contribution in [3.8, 4) is 5.82 Å². The highest BCUT2D eigenvalue weighted by Gasteiger charge is 2.26. The number of nitrogens with one attached hydrogen (secondary N) is 1. The smallest absolute Gasteiger partial charge is 0.267 e. The Hall–Kier alpha value is -1.95. The van der Waals surface area contributed by atoms with E-state index in [1.807, 2.05) is 24.6 Å². The second-order valence-corrected chi connectivity index (χ2v) is 7.67. The average molecular weight is 341 g/mol. The van der Waals surface area contributed by atoms with Crippen molar-refractivity contribution in [1.29, 1.82) is 0 Å².